The highest BCUT2D eigenvalue weighted by Crippen LogP contribution is 2.32. The summed E-state index contributed by atoms with van der Waals surface area (Å²) in [6, 6.07) is 13.6. The fourth-order valence-electron chi connectivity index (χ4n) is 2.91. The van der Waals surface area contributed by atoms with Crippen LogP contribution in [0.4, 0.5) is 10.2 Å². The average Bonchev–Trinajstić information content (AvgIpc) is 3.17. The van der Waals surface area contributed by atoms with Crippen molar-refractivity contribution < 1.29 is 18.4 Å². The van der Waals surface area contributed by atoms with Crippen LogP contribution in [0.5, 0.6) is 0 Å². The smallest absolute Gasteiger partial charge is 0.376 e. The molecule has 0 unspecified atom stereocenters. The number of carbonyl (C=O) groups excluding carboxylic acids is 1. The molecule has 0 atom stereocenters. The molecule has 7 nitrogen and oxygen atoms in total. The van der Waals surface area contributed by atoms with Crippen molar-refractivity contribution in [1.29, 1.82) is 0 Å². The molecule has 2 aromatic carbocycles. The molecule has 0 aliphatic heterocycles. The molecule has 0 spiro atoms. The number of esters is 1. The van der Waals surface area contributed by atoms with Gasteiger partial charge in [0, 0.05) is 16.6 Å². The van der Waals surface area contributed by atoms with E-state index in [4.69, 9.17) is 9.26 Å². The number of rotatable bonds is 6. The number of nitrogens with zero attached hydrogens (tertiary/aromatic N) is 3. The first-order chi connectivity index (χ1) is 14.5. The maximum Gasteiger partial charge on any atom is 0.376 e. The molecule has 0 aliphatic carbocycles. The molecule has 0 bridgehead atoms. The Labute approximate surface area is 179 Å². The maximum absolute atomic E-state index is 13.3. The third-order valence-corrected chi connectivity index (χ3v) is 4.75. The Morgan fingerprint density at radius 1 is 1.20 bits per heavy atom. The molecule has 0 saturated heterocycles. The summed E-state index contributed by atoms with van der Waals surface area (Å²) in [5.74, 6) is -0.795. The fraction of sp³-hybridized carbons (Fsp3) is 0.143. The number of anilines is 1. The lowest BCUT2D eigenvalue weighted by atomic mass is 10.1. The predicted octanol–water partition coefficient (Wildman–Crippen LogP) is 4.98. The van der Waals surface area contributed by atoms with Crippen LogP contribution in [-0.2, 0) is 11.3 Å². The average molecular weight is 471 g/mol. The summed E-state index contributed by atoms with van der Waals surface area (Å²) in [6.45, 7) is 2.32. The van der Waals surface area contributed by atoms with Gasteiger partial charge in [-0.15, -0.1) is 0 Å². The summed E-state index contributed by atoms with van der Waals surface area (Å²) in [4.78, 5) is 20.7. The van der Waals surface area contributed by atoms with Crippen molar-refractivity contribution in [2.24, 2.45) is 0 Å². The monoisotopic (exact) mass is 470 g/mol. The quantitative estimate of drug-likeness (QED) is 0.397. The van der Waals surface area contributed by atoms with Gasteiger partial charge in [-0.1, -0.05) is 33.2 Å². The van der Waals surface area contributed by atoms with E-state index in [9.17, 15) is 9.18 Å². The van der Waals surface area contributed by atoms with E-state index in [2.05, 4.69) is 36.4 Å². The minimum Gasteiger partial charge on any atom is -0.460 e. The van der Waals surface area contributed by atoms with Gasteiger partial charge in [-0.2, -0.15) is 4.98 Å². The molecule has 0 radical (unpaired) electrons. The molecule has 30 heavy (non-hydrogen) atoms. The zero-order valence-electron chi connectivity index (χ0n) is 15.9. The Morgan fingerprint density at radius 2 is 2.00 bits per heavy atom. The van der Waals surface area contributed by atoms with Crippen LogP contribution in [0.15, 0.2) is 57.5 Å². The second kappa shape index (κ2) is 8.58. The van der Waals surface area contributed by atoms with Gasteiger partial charge in [0.1, 0.15) is 22.7 Å². The molecule has 9 heteroatoms. The summed E-state index contributed by atoms with van der Waals surface area (Å²) >= 11 is 3.45. The van der Waals surface area contributed by atoms with Crippen LogP contribution in [0, 0.1) is 5.82 Å². The largest absolute Gasteiger partial charge is 0.460 e. The van der Waals surface area contributed by atoms with Gasteiger partial charge in [0.25, 0.3) is 5.71 Å². The van der Waals surface area contributed by atoms with E-state index in [1.807, 2.05) is 24.3 Å². The standard InChI is InChI=1S/C21H16BrFN4O3/c1-2-29-21(28)19-25-18(24-11-12-4-3-5-14(22)10-12)16-17(27-30-20(16)26-19)13-6-8-15(23)9-7-13/h3-10H,2,11H2,1H3,(H,24,25,26). The molecular formula is C21H16BrFN4O3. The van der Waals surface area contributed by atoms with Crippen molar-refractivity contribution in [2.75, 3.05) is 11.9 Å². The minimum atomic E-state index is -0.662. The van der Waals surface area contributed by atoms with Crippen molar-refractivity contribution in [1.82, 2.24) is 15.1 Å². The second-order valence-corrected chi connectivity index (χ2v) is 7.23. The van der Waals surface area contributed by atoms with Crippen molar-refractivity contribution in [3.05, 3.63) is 70.2 Å². The van der Waals surface area contributed by atoms with Crippen LogP contribution in [0.2, 0.25) is 0 Å². The fourth-order valence-corrected chi connectivity index (χ4v) is 3.35. The zero-order chi connectivity index (χ0) is 21.1. The molecule has 1 N–H and O–H groups in total. The van der Waals surface area contributed by atoms with Crippen LogP contribution in [0.25, 0.3) is 22.4 Å². The van der Waals surface area contributed by atoms with Crippen LogP contribution in [-0.4, -0.2) is 27.7 Å². The first-order valence-electron chi connectivity index (χ1n) is 9.14. The summed E-state index contributed by atoms with van der Waals surface area (Å²) in [6.07, 6.45) is 0. The molecule has 0 amide bonds. The Kier molecular flexibility index (Phi) is 5.71. The van der Waals surface area contributed by atoms with E-state index in [1.54, 1.807) is 19.1 Å². The Morgan fingerprint density at radius 3 is 2.73 bits per heavy atom. The number of hydrogen-bond acceptors (Lipinski definition) is 7. The Bertz CT molecular complexity index is 1210. The van der Waals surface area contributed by atoms with Gasteiger partial charge in [0.15, 0.2) is 0 Å². The number of nitrogens with one attached hydrogen (secondary N) is 1. The molecule has 152 valence electrons. The van der Waals surface area contributed by atoms with E-state index in [0.29, 0.717) is 29.0 Å². The number of carbonyl (C=O) groups is 1. The SMILES string of the molecule is CCOC(=O)c1nc(NCc2cccc(Br)c2)c2c(-c3ccc(F)cc3)noc2n1. The molecule has 4 aromatic rings. The summed E-state index contributed by atoms with van der Waals surface area (Å²) in [7, 11) is 0. The third kappa shape index (κ3) is 4.16. The van der Waals surface area contributed by atoms with Crippen LogP contribution >= 0.6 is 15.9 Å². The van der Waals surface area contributed by atoms with Crippen LogP contribution in [0.3, 0.4) is 0 Å². The Balaban J connectivity index is 1.79. The third-order valence-electron chi connectivity index (χ3n) is 4.26. The van der Waals surface area contributed by atoms with E-state index in [-0.39, 0.29) is 24.0 Å². The lowest BCUT2D eigenvalue weighted by Crippen LogP contribution is -2.12. The van der Waals surface area contributed by atoms with Crippen molar-refractivity contribution in [2.45, 2.75) is 13.5 Å². The number of hydrogen-bond donors (Lipinski definition) is 1. The summed E-state index contributed by atoms with van der Waals surface area (Å²) in [5, 5.41) is 7.78. The highest BCUT2D eigenvalue weighted by atomic mass is 79.9. The first kappa shape index (κ1) is 20.0. The van der Waals surface area contributed by atoms with Gasteiger partial charge in [0.2, 0.25) is 5.82 Å². The van der Waals surface area contributed by atoms with E-state index in [0.717, 1.165) is 10.0 Å². The van der Waals surface area contributed by atoms with Gasteiger partial charge < -0.3 is 14.6 Å². The van der Waals surface area contributed by atoms with Gasteiger partial charge in [-0.3, -0.25) is 0 Å². The van der Waals surface area contributed by atoms with Crippen molar-refractivity contribution >= 4 is 38.8 Å². The zero-order valence-corrected chi connectivity index (χ0v) is 17.4. The molecular weight excluding hydrogens is 455 g/mol. The highest BCUT2D eigenvalue weighted by molar-refractivity contribution is 9.10. The summed E-state index contributed by atoms with van der Waals surface area (Å²) < 4.78 is 24.7. The van der Waals surface area contributed by atoms with Crippen molar-refractivity contribution in [3.63, 3.8) is 0 Å². The van der Waals surface area contributed by atoms with Crippen LogP contribution < -0.4 is 5.32 Å². The van der Waals surface area contributed by atoms with E-state index >= 15 is 0 Å². The first-order valence-corrected chi connectivity index (χ1v) is 9.93. The lowest BCUT2D eigenvalue weighted by molar-refractivity contribution is 0.0512. The number of halogens is 2. The van der Waals surface area contributed by atoms with Gasteiger partial charge in [-0.25, -0.2) is 14.2 Å². The van der Waals surface area contributed by atoms with Gasteiger partial charge in [0.05, 0.1) is 6.61 Å². The number of benzene rings is 2. The van der Waals surface area contributed by atoms with Crippen molar-refractivity contribution in [3.8, 4) is 11.3 Å². The maximum atomic E-state index is 13.3. The lowest BCUT2D eigenvalue weighted by Gasteiger charge is -2.09. The number of aromatic nitrogens is 3. The topological polar surface area (TPSA) is 90.1 Å². The molecule has 0 saturated carbocycles. The molecule has 0 aliphatic rings. The predicted molar refractivity (Wildman–Crippen MR) is 112 cm³/mol. The number of fused-ring (bicyclic) bond motifs is 1. The van der Waals surface area contributed by atoms with Crippen LogP contribution in [0.1, 0.15) is 23.1 Å². The van der Waals surface area contributed by atoms with Gasteiger partial charge >= 0.3 is 5.97 Å². The van der Waals surface area contributed by atoms with E-state index in [1.165, 1.54) is 12.1 Å². The molecule has 2 heterocycles. The highest BCUT2D eigenvalue weighted by Gasteiger charge is 2.22. The normalized spacial score (nSPS) is 10.9. The number of ether oxygens (including phenoxy) is 1. The Hall–Kier alpha value is -3.33. The molecule has 4 rings (SSSR count). The van der Waals surface area contributed by atoms with E-state index < -0.39 is 5.97 Å². The minimum absolute atomic E-state index is 0.129. The molecule has 2 aromatic heterocycles. The molecule has 0 fully saturated rings. The van der Waals surface area contributed by atoms with Gasteiger partial charge in [-0.05, 0) is 48.9 Å². The summed E-state index contributed by atoms with van der Waals surface area (Å²) in [5.41, 5.74) is 2.20. The second-order valence-electron chi connectivity index (χ2n) is 6.32.